The van der Waals surface area contributed by atoms with Gasteiger partial charge in [-0.1, -0.05) is 50.2 Å². The first-order chi connectivity index (χ1) is 11.5. The van der Waals surface area contributed by atoms with E-state index in [0.29, 0.717) is 0 Å². The van der Waals surface area contributed by atoms with Crippen molar-refractivity contribution in [1.82, 2.24) is 5.32 Å². The summed E-state index contributed by atoms with van der Waals surface area (Å²) < 4.78 is 0. The van der Waals surface area contributed by atoms with Crippen molar-refractivity contribution in [2.75, 3.05) is 5.73 Å². The van der Waals surface area contributed by atoms with Crippen LogP contribution in [0.2, 0.25) is 0 Å². The molecule has 1 atom stereocenters. The van der Waals surface area contributed by atoms with Crippen LogP contribution >= 0.6 is 12.4 Å². The second-order valence-electron chi connectivity index (χ2n) is 7.42. The number of rotatable bonds is 4. The number of nitrogens with one attached hydrogen (secondary N) is 1. The first-order valence-electron chi connectivity index (χ1n) is 8.69. The Hall–Kier alpha value is -2.00. The Kier molecular flexibility index (Phi) is 6.12. The van der Waals surface area contributed by atoms with Gasteiger partial charge in [0.15, 0.2) is 0 Å². The zero-order chi connectivity index (χ0) is 17.2. The van der Waals surface area contributed by atoms with Gasteiger partial charge in [-0.3, -0.25) is 4.79 Å². The number of benzene rings is 2. The van der Waals surface area contributed by atoms with Gasteiger partial charge in [-0.15, -0.1) is 12.4 Å². The van der Waals surface area contributed by atoms with Crippen LogP contribution in [0.5, 0.6) is 0 Å². The number of fused-ring (bicyclic) bond motifs is 1. The minimum Gasteiger partial charge on any atom is -0.399 e. The molecule has 0 aliphatic heterocycles. The Morgan fingerprint density at radius 2 is 1.92 bits per heavy atom. The Morgan fingerprint density at radius 1 is 1.20 bits per heavy atom. The summed E-state index contributed by atoms with van der Waals surface area (Å²) >= 11 is 0. The van der Waals surface area contributed by atoms with Crippen LogP contribution in [-0.4, -0.2) is 5.91 Å². The van der Waals surface area contributed by atoms with Crippen LogP contribution in [0, 0.1) is 5.41 Å². The summed E-state index contributed by atoms with van der Waals surface area (Å²) in [4.78, 5) is 12.9. The maximum absolute atomic E-state index is 12.9. The predicted octanol–water partition coefficient (Wildman–Crippen LogP) is 4.45. The van der Waals surface area contributed by atoms with E-state index in [1.165, 1.54) is 16.7 Å². The highest BCUT2D eigenvalue weighted by molar-refractivity contribution is 5.85. The molecule has 2 aromatic carbocycles. The molecule has 0 fully saturated rings. The van der Waals surface area contributed by atoms with E-state index in [1.807, 2.05) is 44.2 Å². The van der Waals surface area contributed by atoms with Crippen LogP contribution in [0.15, 0.2) is 48.5 Å². The van der Waals surface area contributed by atoms with Crippen molar-refractivity contribution < 1.29 is 4.79 Å². The molecule has 0 aromatic heterocycles. The number of nitrogen functional groups attached to an aromatic ring is 1. The number of carbonyl (C=O) groups is 1. The second kappa shape index (κ2) is 7.92. The minimum atomic E-state index is -0.438. The molecule has 1 unspecified atom stereocenters. The third-order valence-corrected chi connectivity index (χ3v) is 4.89. The van der Waals surface area contributed by atoms with Gasteiger partial charge >= 0.3 is 0 Å². The van der Waals surface area contributed by atoms with Crippen LogP contribution in [0.3, 0.4) is 0 Å². The van der Waals surface area contributed by atoms with E-state index < -0.39 is 5.41 Å². The van der Waals surface area contributed by atoms with Crippen molar-refractivity contribution in [3.05, 3.63) is 65.2 Å². The third-order valence-electron chi connectivity index (χ3n) is 4.89. The van der Waals surface area contributed by atoms with Crippen LogP contribution < -0.4 is 11.1 Å². The number of halogens is 1. The zero-order valence-corrected chi connectivity index (χ0v) is 15.7. The molecule has 0 radical (unpaired) electrons. The summed E-state index contributed by atoms with van der Waals surface area (Å²) in [6.07, 6.45) is 3.85. The molecule has 0 saturated carbocycles. The third kappa shape index (κ3) is 4.55. The first kappa shape index (κ1) is 19.3. The molecule has 3 rings (SSSR count). The summed E-state index contributed by atoms with van der Waals surface area (Å²) in [5.74, 6) is 0.112. The Balaban J connectivity index is 0.00000225. The van der Waals surface area contributed by atoms with Gasteiger partial charge in [-0.2, -0.15) is 0 Å². The molecular weight excluding hydrogens is 332 g/mol. The number of aryl methyl sites for hydroxylation is 1. The van der Waals surface area contributed by atoms with E-state index >= 15 is 0 Å². The summed E-state index contributed by atoms with van der Waals surface area (Å²) in [5, 5.41) is 3.28. The van der Waals surface area contributed by atoms with Gasteiger partial charge in [-0.05, 0) is 54.5 Å². The Labute approximate surface area is 156 Å². The topological polar surface area (TPSA) is 55.1 Å². The van der Waals surface area contributed by atoms with Crippen LogP contribution in [0.25, 0.3) is 0 Å². The minimum absolute atomic E-state index is 0. The maximum Gasteiger partial charge on any atom is 0.226 e. The van der Waals surface area contributed by atoms with Crippen molar-refractivity contribution >= 4 is 24.0 Å². The molecule has 0 heterocycles. The second-order valence-corrected chi connectivity index (χ2v) is 7.42. The lowest BCUT2D eigenvalue weighted by atomic mass is 9.82. The van der Waals surface area contributed by atoms with Gasteiger partial charge in [0.05, 0.1) is 6.04 Å². The van der Waals surface area contributed by atoms with Crippen LogP contribution in [0.4, 0.5) is 5.69 Å². The zero-order valence-electron chi connectivity index (χ0n) is 14.9. The fourth-order valence-electron chi connectivity index (χ4n) is 3.52. The molecular formula is C21H27ClN2O. The number of amides is 1. The van der Waals surface area contributed by atoms with Crippen molar-refractivity contribution in [1.29, 1.82) is 0 Å². The van der Waals surface area contributed by atoms with E-state index in [2.05, 4.69) is 23.5 Å². The first-order valence-corrected chi connectivity index (χ1v) is 8.69. The summed E-state index contributed by atoms with van der Waals surface area (Å²) in [7, 11) is 0. The highest BCUT2D eigenvalue weighted by Gasteiger charge is 2.31. The number of carbonyl (C=O) groups excluding carboxylic acids is 1. The maximum atomic E-state index is 12.9. The molecule has 0 spiro atoms. The van der Waals surface area contributed by atoms with E-state index in [0.717, 1.165) is 31.4 Å². The summed E-state index contributed by atoms with van der Waals surface area (Å²) in [5.41, 5.74) is 9.94. The molecule has 1 aliphatic carbocycles. The van der Waals surface area contributed by atoms with Crippen molar-refractivity contribution in [3.63, 3.8) is 0 Å². The van der Waals surface area contributed by atoms with Gasteiger partial charge in [0.25, 0.3) is 0 Å². The summed E-state index contributed by atoms with van der Waals surface area (Å²) in [6.45, 7) is 4.03. The molecule has 1 aliphatic rings. The van der Waals surface area contributed by atoms with Gasteiger partial charge < -0.3 is 11.1 Å². The number of anilines is 1. The van der Waals surface area contributed by atoms with Gasteiger partial charge in [0, 0.05) is 11.1 Å². The van der Waals surface area contributed by atoms with E-state index in [9.17, 15) is 4.79 Å². The lowest BCUT2D eigenvalue weighted by Crippen LogP contribution is -2.41. The molecule has 25 heavy (non-hydrogen) atoms. The predicted molar refractivity (Wildman–Crippen MR) is 106 cm³/mol. The Morgan fingerprint density at radius 3 is 2.64 bits per heavy atom. The number of nitrogens with two attached hydrogens (primary N) is 1. The molecule has 2 aromatic rings. The van der Waals surface area contributed by atoms with Crippen molar-refractivity contribution in [2.45, 2.75) is 45.6 Å². The van der Waals surface area contributed by atoms with Crippen LogP contribution in [0.1, 0.15) is 49.4 Å². The smallest absolute Gasteiger partial charge is 0.226 e. The lowest BCUT2D eigenvalue weighted by Gasteiger charge is -2.31. The monoisotopic (exact) mass is 358 g/mol. The Bertz CT molecular complexity index is 728. The SMILES string of the molecule is CC(C)(Cc1ccccc1)C(=O)NC1CCCc2cc(N)ccc21.Cl. The largest absolute Gasteiger partial charge is 0.399 e. The number of hydrogen-bond donors (Lipinski definition) is 2. The van der Waals surface area contributed by atoms with Crippen molar-refractivity contribution in [3.8, 4) is 0 Å². The molecule has 0 saturated heterocycles. The highest BCUT2D eigenvalue weighted by Crippen LogP contribution is 2.32. The van der Waals surface area contributed by atoms with E-state index in [1.54, 1.807) is 0 Å². The molecule has 3 nitrogen and oxygen atoms in total. The molecule has 3 N–H and O–H groups in total. The molecule has 0 bridgehead atoms. The fourth-order valence-corrected chi connectivity index (χ4v) is 3.52. The fraction of sp³-hybridized carbons (Fsp3) is 0.381. The molecule has 1 amide bonds. The lowest BCUT2D eigenvalue weighted by molar-refractivity contribution is -0.130. The van der Waals surface area contributed by atoms with Gasteiger partial charge in [0.2, 0.25) is 5.91 Å². The molecule has 134 valence electrons. The van der Waals surface area contributed by atoms with E-state index in [-0.39, 0.29) is 24.4 Å². The van der Waals surface area contributed by atoms with Gasteiger partial charge in [-0.25, -0.2) is 0 Å². The average Bonchev–Trinajstić information content (AvgIpc) is 2.55. The average molecular weight is 359 g/mol. The highest BCUT2D eigenvalue weighted by atomic mass is 35.5. The standard InChI is InChI=1S/C21H26N2O.ClH/c1-21(2,14-15-7-4-3-5-8-15)20(24)23-19-10-6-9-16-13-17(22)11-12-18(16)19;/h3-5,7-8,11-13,19H,6,9-10,14,22H2,1-2H3,(H,23,24);1H. The summed E-state index contributed by atoms with van der Waals surface area (Å²) in [6, 6.07) is 16.3. The van der Waals surface area contributed by atoms with E-state index in [4.69, 9.17) is 5.73 Å². The number of hydrogen-bond acceptors (Lipinski definition) is 2. The van der Waals surface area contributed by atoms with Gasteiger partial charge in [0.1, 0.15) is 0 Å². The van der Waals surface area contributed by atoms with Crippen molar-refractivity contribution in [2.24, 2.45) is 5.41 Å². The molecule has 4 heteroatoms. The quantitative estimate of drug-likeness (QED) is 0.793. The van der Waals surface area contributed by atoms with Crippen LogP contribution in [-0.2, 0) is 17.6 Å². The normalized spacial score (nSPS) is 16.5.